The molecule has 2 heterocycles. The molecule has 0 aliphatic heterocycles. The lowest BCUT2D eigenvalue weighted by molar-refractivity contribution is 0.591. The largest absolute Gasteiger partial charge is 0.232 e. The van der Waals surface area contributed by atoms with E-state index in [2.05, 4.69) is 94.6 Å². The first-order valence-corrected chi connectivity index (χ1v) is 9.01. The average molecular weight is 330 g/mol. The van der Waals surface area contributed by atoms with Crippen molar-refractivity contribution in [3.8, 4) is 0 Å². The Labute approximate surface area is 149 Å². The van der Waals surface area contributed by atoms with E-state index >= 15 is 0 Å². The summed E-state index contributed by atoms with van der Waals surface area (Å²) >= 11 is 0. The molecule has 0 amide bonds. The monoisotopic (exact) mass is 330 g/mol. The second-order valence-electron chi connectivity index (χ2n) is 9.10. The van der Waals surface area contributed by atoms with Gasteiger partial charge in [-0.05, 0) is 46.2 Å². The summed E-state index contributed by atoms with van der Waals surface area (Å²) in [6.07, 6.45) is 0. The Morgan fingerprint density at radius 2 is 1.44 bits per heavy atom. The summed E-state index contributed by atoms with van der Waals surface area (Å²) in [5, 5.41) is 7.43. The highest BCUT2D eigenvalue weighted by molar-refractivity contribution is 5.99. The summed E-state index contributed by atoms with van der Waals surface area (Å²) < 4.78 is 2.11. The Balaban J connectivity index is 2.19. The molecule has 0 saturated carbocycles. The van der Waals surface area contributed by atoms with Gasteiger partial charge in [0.25, 0.3) is 0 Å². The second-order valence-corrected chi connectivity index (χ2v) is 9.10. The summed E-state index contributed by atoms with van der Waals surface area (Å²) in [5.41, 5.74) is 6.37. The van der Waals surface area contributed by atoms with Gasteiger partial charge in [-0.2, -0.15) is 5.10 Å². The lowest BCUT2D eigenvalue weighted by atomic mass is 9.84. The number of benzene rings is 2. The van der Waals surface area contributed by atoms with E-state index < -0.39 is 0 Å². The van der Waals surface area contributed by atoms with Gasteiger partial charge in [0.1, 0.15) is 0 Å². The van der Waals surface area contributed by atoms with Crippen LogP contribution < -0.4 is 0 Å². The van der Waals surface area contributed by atoms with Crippen molar-refractivity contribution in [2.45, 2.75) is 52.4 Å². The standard InChI is InChI=1S/C23H26N2/c1-22(2,3)15-11-12-19-17(13-15)21-14-18(23(4,5)6)16-9-7-8-10-20(16)25(21)24-19/h7-14H,1-6H3. The minimum absolute atomic E-state index is 0.0829. The van der Waals surface area contributed by atoms with Crippen LogP contribution in [-0.4, -0.2) is 9.61 Å². The van der Waals surface area contributed by atoms with E-state index in [4.69, 9.17) is 5.10 Å². The van der Waals surface area contributed by atoms with E-state index in [1.165, 1.54) is 32.9 Å². The SMILES string of the molecule is CC(C)(C)c1ccc2nn3c4ccccc4c(C(C)(C)C)cc3c2c1. The highest BCUT2D eigenvalue weighted by Gasteiger charge is 2.21. The molecule has 0 N–H and O–H groups in total. The molecule has 4 aromatic rings. The third kappa shape index (κ3) is 2.52. The van der Waals surface area contributed by atoms with Crippen molar-refractivity contribution in [1.29, 1.82) is 0 Å². The quantitative estimate of drug-likeness (QED) is 0.373. The molecule has 0 unspecified atom stereocenters. The van der Waals surface area contributed by atoms with Crippen LogP contribution in [0.1, 0.15) is 52.7 Å². The van der Waals surface area contributed by atoms with Crippen molar-refractivity contribution in [3.05, 3.63) is 59.7 Å². The van der Waals surface area contributed by atoms with E-state index in [0.29, 0.717) is 0 Å². The van der Waals surface area contributed by atoms with Gasteiger partial charge in [-0.3, -0.25) is 0 Å². The number of pyridine rings is 1. The molecule has 2 heteroatoms. The maximum absolute atomic E-state index is 4.91. The molecule has 0 bridgehead atoms. The molecule has 2 nitrogen and oxygen atoms in total. The molecule has 25 heavy (non-hydrogen) atoms. The van der Waals surface area contributed by atoms with E-state index in [1.807, 2.05) is 0 Å². The molecule has 0 aliphatic rings. The van der Waals surface area contributed by atoms with Crippen molar-refractivity contribution in [3.63, 3.8) is 0 Å². The van der Waals surface area contributed by atoms with Crippen molar-refractivity contribution >= 4 is 27.3 Å². The number of hydrogen-bond donors (Lipinski definition) is 0. The van der Waals surface area contributed by atoms with Gasteiger partial charge in [0, 0.05) is 10.8 Å². The zero-order valence-corrected chi connectivity index (χ0v) is 16.0. The normalized spacial score (nSPS) is 13.2. The van der Waals surface area contributed by atoms with Gasteiger partial charge in [-0.25, -0.2) is 4.52 Å². The molecular weight excluding hydrogens is 304 g/mol. The molecule has 0 radical (unpaired) electrons. The van der Waals surface area contributed by atoms with Crippen LogP contribution in [0.2, 0.25) is 0 Å². The molecule has 0 atom stereocenters. The van der Waals surface area contributed by atoms with Crippen LogP contribution in [0.4, 0.5) is 0 Å². The van der Waals surface area contributed by atoms with Crippen LogP contribution in [-0.2, 0) is 10.8 Å². The molecule has 0 aliphatic carbocycles. The minimum Gasteiger partial charge on any atom is -0.232 e. The third-order valence-electron chi connectivity index (χ3n) is 5.09. The predicted octanol–water partition coefficient (Wildman–Crippen LogP) is 6.24. The number of hydrogen-bond acceptors (Lipinski definition) is 1. The zero-order chi connectivity index (χ0) is 18.0. The fraction of sp³-hybridized carbons (Fsp3) is 0.348. The molecule has 2 aromatic heterocycles. The van der Waals surface area contributed by atoms with Crippen LogP contribution >= 0.6 is 0 Å². The first kappa shape index (κ1) is 16.1. The first-order chi connectivity index (χ1) is 11.7. The highest BCUT2D eigenvalue weighted by Crippen LogP contribution is 2.35. The fourth-order valence-corrected chi connectivity index (χ4v) is 3.61. The molecule has 4 rings (SSSR count). The highest BCUT2D eigenvalue weighted by atomic mass is 15.2. The summed E-state index contributed by atoms with van der Waals surface area (Å²) in [6.45, 7) is 13.6. The summed E-state index contributed by atoms with van der Waals surface area (Å²) in [4.78, 5) is 0. The van der Waals surface area contributed by atoms with Crippen LogP contribution in [0.15, 0.2) is 48.5 Å². The van der Waals surface area contributed by atoms with E-state index in [-0.39, 0.29) is 10.8 Å². The first-order valence-electron chi connectivity index (χ1n) is 9.01. The molecule has 0 spiro atoms. The van der Waals surface area contributed by atoms with E-state index in [0.717, 1.165) is 5.52 Å². The number of aromatic nitrogens is 2. The van der Waals surface area contributed by atoms with Crippen molar-refractivity contribution in [2.24, 2.45) is 0 Å². The Morgan fingerprint density at radius 3 is 2.12 bits per heavy atom. The Kier molecular flexibility index (Phi) is 3.28. The van der Waals surface area contributed by atoms with E-state index in [1.54, 1.807) is 0 Å². The molecule has 0 fully saturated rings. The average Bonchev–Trinajstić information content (AvgIpc) is 2.90. The number of fused-ring (bicyclic) bond motifs is 5. The van der Waals surface area contributed by atoms with Crippen LogP contribution in [0.3, 0.4) is 0 Å². The predicted molar refractivity (Wildman–Crippen MR) is 108 cm³/mol. The van der Waals surface area contributed by atoms with Crippen molar-refractivity contribution in [2.75, 3.05) is 0 Å². The zero-order valence-electron chi connectivity index (χ0n) is 16.0. The topological polar surface area (TPSA) is 17.3 Å². The van der Waals surface area contributed by atoms with Gasteiger partial charge in [-0.15, -0.1) is 0 Å². The van der Waals surface area contributed by atoms with Gasteiger partial charge in [0.15, 0.2) is 0 Å². The van der Waals surface area contributed by atoms with Gasteiger partial charge >= 0.3 is 0 Å². The Hall–Kier alpha value is -2.35. The number of para-hydroxylation sites is 1. The lowest BCUT2D eigenvalue weighted by Crippen LogP contribution is -2.12. The number of nitrogens with zero attached hydrogens (tertiary/aromatic N) is 2. The van der Waals surface area contributed by atoms with Crippen molar-refractivity contribution < 1.29 is 0 Å². The van der Waals surface area contributed by atoms with Gasteiger partial charge in [-0.1, -0.05) is 65.8 Å². The van der Waals surface area contributed by atoms with E-state index in [9.17, 15) is 0 Å². The van der Waals surface area contributed by atoms with Crippen LogP contribution in [0.5, 0.6) is 0 Å². The lowest BCUT2D eigenvalue weighted by Gasteiger charge is -2.22. The van der Waals surface area contributed by atoms with Crippen LogP contribution in [0, 0.1) is 0 Å². The van der Waals surface area contributed by atoms with Gasteiger partial charge < -0.3 is 0 Å². The van der Waals surface area contributed by atoms with Gasteiger partial charge in [0.2, 0.25) is 0 Å². The summed E-state index contributed by atoms with van der Waals surface area (Å²) in [5.74, 6) is 0. The third-order valence-corrected chi connectivity index (χ3v) is 5.09. The van der Waals surface area contributed by atoms with Crippen molar-refractivity contribution in [1.82, 2.24) is 9.61 Å². The maximum Gasteiger partial charge on any atom is 0.0934 e. The molecule has 128 valence electrons. The fourth-order valence-electron chi connectivity index (χ4n) is 3.61. The van der Waals surface area contributed by atoms with Crippen LogP contribution in [0.25, 0.3) is 27.3 Å². The smallest absolute Gasteiger partial charge is 0.0934 e. The Morgan fingerprint density at radius 1 is 0.720 bits per heavy atom. The molecular formula is C23H26N2. The Bertz CT molecular complexity index is 1100. The molecule has 0 saturated heterocycles. The summed E-state index contributed by atoms with van der Waals surface area (Å²) in [7, 11) is 0. The maximum atomic E-state index is 4.91. The number of rotatable bonds is 0. The minimum atomic E-state index is 0.0829. The van der Waals surface area contributed by atoms with Gasteiger partial charge in [0.05, 0.1) is 16.6 Å². The second kappa shape index (κ2) is 5.08. The molecule has 2 aromatic carbocycles. The summed E-state index contributed by atoms with van der Waals surface area (Å²) in [6, 6.07) is 17.6.